The molecule has 1 fully saturated rings. The summed E-state index contributed by atoms with van der Waals surface area (Å²) in [5, 5.41) is 2.94. The molecule has 0 bridgehead atoms. The van der Waals surface area contributed by atoms with E-state index >= 15 is 0 Å². The van der Waals surface area contributed by atoms with Crippen molar-refractivity contribution in [2.45, 2.75) is 19.4 Å². The zero-order chi connectivity index (χ0) is 17.7. The minimum Gasteiger partial charge on any atom is -0.457 e. The van der Waals surface area contributed by atoms with Crippen LogP contribution < -0.4 is 10.1 Å². The molecule has 0 atom stereocenters. The Morgan fingerprint density at radius 2 is 1.92 bits per heavy atom. The first-order valence-corrected chi connectivity index (χ1v) is 8.49. The van der Waals surface area contributed by atoms with Crippen molar-refractivity contribution < 1.29 is 14.3 Å². The summed E-state index contributed by atoms with van der Waals surface area (Å²) in [6.45, 7) is 6.62. The fraction of sp³-hybridized carbons (Fsp3) is 0.350. The molecule has 0 spiro atoms. The molecule has 1 amide bonds. The lowest BCUT2D eigenvalue weighted by atomic mass is 10.1. The van der Waals surface area contributed by atoms with Crippen molar-refractivity contribution in [3.63, 3.8) is 0 Å². The molecule has 5 nitrogen and oxygen atoms in total. The monoisotopic (exact) mass is 340 g/mol. The first kappa shape index (κ1) is 17.5. The Morgan fingerprint density at radius 3 is 2.68 bits per heavy atom. The molecule has 2 aromatic rings. The van der Waals surface area contributed by atoms with Gasteiger partial charge in [0.15, 0.2) is 0 Å². The highest BCUT2D eigenvalue weighted by Crippen LogP contribution is 2.24. The maximum atomic E-state index is 12.3. The third-order valence-electron chi connectivity index (χ3n) is 3.97. The van der Waals surface area contributed by atoms with Crippen molar-refractivity contribution in [2.75, 3.05) is 31.6 Å². The van der Waals surface area contributed by atoms with Gasteiger partial charge in [-0.25, -0.2) is 0 Å². The highest BCUT2D eigenvalue weighted by Gasteiger charge is 2.28. The van der Waals surface area contributed by atoms with Crippen LogP contribution in [0.2, 0.25) is 0 Å². The molecule has 1 saturated heterocycles. The van der Waals surface area contributed by atoms with E-state index in [-0.39, 0.29) is 11.5 Å². The van der Waals surface area contributed by atoms with E-state index < -0.39 is 0 Å². The molecule has 0 aromatic heterocycles. The predicted octanol–water partition coefficient (Wildman–Crippen LogP) is 3.53. The van der Waals surface area contributed by atoms with Crippen LogP contribution in [0.5, 0.6) is 11.5 Å². The van der Waals surface area contributed by atoms with Gasteiger partial charge >= 0.3 is 0 Å². The quantitative estimate of drug-likeness (QED) is 0.905. The van der Waals surface area contributed by atoms with Gasteiger partial charge in [0.05, 0.1) is 18.8 Å². The van der Waals surface area contributed by atoms with Crippen LogP contribution in [-0.2, 0) is 9.53 Å². The van der Waals surface area contributed by atoms with Gasteiger partial charge in [0, 0.05) is 24.8 Å². The molecular formula is C20H24N2O3. The number of amides is 1. The Hall–Kier alpha value is -2.37. The molecule has 0 aliphatic carbocycles. The number of para-hydroxylation sites is 1. The summed E-state index contributed by atoms with van der Waals surface area (Å²) in [4.78, 5) is 14.4. The summed E-state index contributed by atoms with van der Waals surface area (Å²) >= 11 is 0. The highest BCUT2D eigenvalue weighted by molar-refractivity contribution is 5.92. The molecular weight excluding hydrogens is 316 g/mol. The summed E-state index contributed by atoms with van der Waals surface area (Å²) in [5.74, 6) is 1.42. The van der Waals surface area contributed by atoms with Crippen molar-refractivity contribution in [3.05, 3.63) is 54.6 Å². The lowest BCUT2D eigenvalue weighted by molar-refractivity contribution is -0.122. The van der Waals surface area contributed by atoms with E-state index in [9.17, 15) is 4.79 Å². The Morgan fingerprint density at radius 1 is 1.16 bits per heavy atom. The van der Waals surface area contributed by atoms with Gasteiger partial charge in [-0.1, -0.05) is 24.3 Å². The number of anilines is 1. The van der Waals surface area contributed by atoms with E-state index in [1.807, 2.05) is 68.4 Å². The Kier molecular flexibility index (Phi) is 5.36. The molecule has 25 heavy (non-hydrogen) atoms. The summed E-state index contributed by atoms with van der Waals surface area (Å²) < 4.78 is 11.5. The van der Waals surface area contributed by atoms with Crippen LogP contribution in [-0.4, -0.2) is 42.6 Å². The van der Waals surface area contributed by atoms with E-state index in [1.54, 1.807) is 0 Å². The number of hydrogen-bond acceptors (Lipinski definition) is 4. The molecule has 1 heterocycles. The lowest BCUT2D eigenvalue weighted by Gasteiger charge is -2.37. The number of benzene rings is 2. The molecule has 5 heteroatoms. The van der Waals surface area contributed by atoms with Crippen LogP contribution >= 0.6 is 0 Å². The Labute approximate surface area is 148 Å². The van der Waals surface area contributed by atoms with Crippen molar-refractivity contribution >= 4 is 11.6 Å². The van der Waals surface area contributed by atoms with Crippen molar-refractivity contribution in [2.24, 2.45) is 0 Å². The fourth-order valence-electron chi connectivity index (χ4n) is 2.91. The minimum atomic E-state index is -0.206. The summed E-state index contributed by atoms with van der Waals surface area (Å²) in [7, 11) is 0. The van der Waals surface area contributed by atoms with Gasteiger partial charge in [0.25, 0.3) is 0 Å². The smallest absolute Gasteiger partial charge is 0.238 e. The average Bonchev–Trinajstić information content (AvgIpc) is 2.55. The Balaban J connectivity index is 1.57. The molecule has 1 N–H and O–H groups in total. The van der Waals surface area contributed by atoms with Gasteiger partial charge in [-0.2, -0.15) is 0 Å². The summed E-state index contributed by atoms with van der Waals surface area (Å²) in [5.41, 5.74) is 0.521. The van der Waals surface area contributed by atoms with E-state index in [0.29, 0.717) is 18.9 Å². The van der Waals surface area contributed by atoms with Crippen molar-refractivity contribution in [1.82, 2.24) is 4.90 Å². The number of morpholine rings is 1. The fourth-order valence-corrected chi connectivity index (χ4v) is 2.91. The molecule has 0 radical (unpaired) electrons. The summed E-state index contributed by atoms with van der Waals surface area (Å²) in [6.07, 6.45) is 0. The molecule has 1 aliphatic rings. The number of carbonyl (C=O) groups excluding carboxylic acids is 1. The number of nitrogens with zero attached hydrogens (tertiary/aromatic N) is 1. The second-order valence-corrected chi connectivity index (χ2v) is 6.81. The number of carbonyl (C=O) groups is 1. The van der Waals surface area contributed by atoms with Gasteiger partial charge in [-0.05, 0) is 38.1 Å². The van der Waals surface area contributed by atoms with Gasteiger partial charge < -0.3 is 14.8 Å². The molecule has 2 aromatic carbocycles. The SMILES string of the molecule is CC1(C)CN(CC(=O)Nc2cccc(Oc3ccccc3)c2)CCO1. The number of hydrogen-bond donors (Lipinski definition) is 1. The van der Waals surface area contributed by atoms with Gasteiger partial charge in [-0.15, -0.1) is 0 Å². The molecule has 132 valence electrons. The van der Waals surface area contributed by atoms with Gasteiger partial charge in [0.2, 0.25) is 5.91 Å². The van der Waals surface area contributed by atoms with Gasteiger partial charge in [-0.3, -0.25) is 9.69 Å². The number of rotatable bonds is 5. The third kappa shape index (κ3) is 5.31. The van der Waals surface area contributed by atoms with Crippen molar-refractivity contribution in [3.8, 4) is 11.5 Å². The number of ether oxygens (including phenoxy) is 2. The normalized spacial score (nSPS) is 17.0. The van der Waals surface area contributed by atoms with Crippen LogP contribution in [0.4, 0.5) is 5.69 Å². The average molecular weight is 340 g/mol. The molecule has 1 aliphatic heterocycles. The summed E-state index contributed by atoms with van der Waals surface area (Å²) in [6, 6.07) is 17.0. The maximum absolute atomic E-state index is 12.3. The van der Waals surface area contributed by atoms with Crippen LogP contribution in [0.3, 0.4) is 0 Å². The van der Waals surface area contributed by atoms with Crippen LogP contribution in [0.1, 0.15) is 13.8 Å². The van der Waals surface area contributed by atoms with Crippen LogP contribution in [0.25, 0.3) is 0 Å². The lowest BCUT2D eigenvalue weighted by Crippen LogP contribution is -2.50. The predicted molar refractivity (Wildman–Crippen MR) is 98.1 cm³/mol. The van der Waals surface area contributed by atoms with Crippen molar-refractivity contribution in [1.29, 1.82) is 0 Å². The number of nitrogens with one attached hydrogen (secondary N) is 1. The van der Waals surface area contributed by atoms with E-state index in [2.05, 4.69) is 10.2 Å². The van der Waals surface area contributed by atoms with Crippen LogP contribution in [0, 0.1) is 0 Å². The third-order valence-corrected chi connectivity index (χ3v) is 3.97. The van der Waals surface area contributed by atoms with Gasteiger partial charge in [0.1, 0.15) is 11.5 Å². The van der Waals surface area contributed by atoms with E-state index in [1.165, 1.54) is 0 Å². The highest BCUT2D eigenvalue weighted by atomic mass is 16.5. The topological polar surface area (TPSA) is 50.8 Å². The molecule has 0 saturated carbocycles. The van der Waals surface area contributed by atoms with E-state index in [4.69, 9.17) is 9.47 Å². The molecule has 0 unspecified atom stereocenters. The second-order valence-electron chi connectivity index (χ2n) is 6.81. The minimum absolute atomic E-state index is 0.0328. The molecule has 3 rings (SSSR count). The first-order chi connectivity index (χ1) is 12.0. The van der Waals surface area contributed by atoms with E-state index in [0.717, 1.165) is 24.5 Å². The zero-order valence-corrected chi connectivity index (χ0v) is 14.7. The Bertz CT molecular complexity index is 716. The van der Waals surface area contributed by atoms with Crippen LogP contribution in [0.15, 0.2) is 54.6 Å². The zero-order valence-electron chi connectivity index (χ0n) is 14.7. The maximum Gasteiger partial charge on any atom is 0.238 e. The largest absolute Gasteiger partial charge is 0.457 e. The first-order valence-electron chi connectivity index (χ1n) is 8.49. The second kappa shape index (κ2) is 7.68. The standard InChI is InChI=1S/C20H24N2O3/c1-20(2)15-22(11-12-24-20)14-19(23)21-16-7-6-10-18(13-16)25-17-8-4-3-5-9-17/h3-10,13H,11-12,14-15H2,1-2H3,(H,21,23).